The minimum atomic E-state index is -1.68. The molecule has 0 radical (unpaired) electrons. The molecular formula is C62H59N4OPt-. The van der Waals surface area contributed by atoms with Crippen LogP contribution in [-0.2, 0) is 38.3 Å². The number of rotatable bonds is 8. The van der Waals surface area contributed by atoms with Crippen molar-refractivity contribution in [2.75, 3.05) is 6.67 Å². The quantitative estimate of drug-likeness (QED) is 0.112. The molecule has 1 saturated heterocycles. The molecule has 0 spiro atoms. The van der Waals surface area contributed by atoms with Crippen LogP contribution < -0.4 is 13.7 Å². The molecule has 2 atom stereocenters. The van der Waals surface area contributed by atoms with E-state index in [9.17, 15) is 2.74 Å². The van der Waals surface area contributed by atoms with Gasteiger partial charge in [-0.3, -0.25) is 4.48 Å². The summed E-state index contributed by atoms with van der Waals surface area (Å²) in [6.45, 7) is 22.4. The minimum Gasteiger partial charge on any atom is -0.509 e. The average molecular weight is 1070 g/mol. The van der Waals surface area contributed by atoms with Gasteiger partial charge in [-0.2, -0.15) is 6.07 Å². The van der Waals surface area contributed by atoms with Crippen LogP contribution in [0.25, 0.3) is 49.9 Å². The fourth-order valence-electron chi connectivity index (χ4n) is 10.4. The molecule has 0 unspecified atom stereocenters. The van der Waals surface area contributed by atoms with Gasteiger partial charge in [-0.05, 0) is 75.0 Å². The summed E-state index contributed by atoms with van der Waals surface area (Å²) < 4.78 is 29.8. The molecule has 5 heterocycles. The molecule has 7 aromatic carbocycles. The van der Waals surface area contributed by atoms with Crippen molar-refractivity contribution in [1.82, 2.24) is 18.5 Å². The first-order valence-corrected chi connectivity index (χ1v) is 23.5. The summed E-state index contributed by atoms with van der Waals surface area (Å²) in [6, 6.07) is 63.0. The number of hydrogen-bond donors (Lipinski definition) is 0. The first kappa shape index (κ1) is 43.2. The third-order valence-corrected chi connectivity index (χ3v) is 13.5. The number of fused-ring (bicyclic) bond motifs is 3. The molecule has 12 rings (SSSR count). The second-order valence-corrected chi connectivity index (χ2v) is 21.5. The van der Waals surface area contributed by atoms with E-state index in [2.05, 4.69) is 204 Å². The van der Waals surface area contributed by atoms with Crippen molar-refractivity contribution in [3.05, 3.63) is 199 Å². The predicted molar refractivity (Wildman–Crippen MR) is 279 cm³/mol. The van der Waals surface area contributed by atoms with Gasteiger partial charge >= 0.3 is 0 Å². The van der Waals surface area contributed by atoms with E-state index in [-0.39, 0.29) is 31.9 Å². The average Bonchev–Trinajstić information content (AvgIpc) is 3.92. The zero-order valence-electron chi connectivity index (χ0n) is 42.4. The molecule has 68 heavy (non-hydrogen) atoms. The number of pyridine rings is 1. The van der Waals surface area contributed by atoms with Gasteiger partial charge in [0.05, 0.1) is 6.67 Å². The molecular weight excluding hydrogens is 1010 g/mol. The van der Waals surface area contributed by atoms with Crippen LogP contribution in [0.3, 0.4) is 0 Å². The number of para-hydroxylation sites is 3. The van der Waals surface area contributed by atoms with Crippen LogP contribution in [0.15, 0.2) is 164 Å². The number of quaternary nitrogens is 2. The van der Waals surface area contributed by atoms with Crippen LogP contribution >= 0.6 is 0 Å². The Bertz CT molecular complexity index is 3410. The summed E-state index contributed by atoms with van der Waals surface area (Å²) in [7, 11) is 0. The Kier molecular flexibility index (Phi) is 10.5. The van der Waals surface area contributed by atoms with Gasteiger partial charge in [0.2, 0.25) is 0 Å². The van der Waals surface area contributed by atoms with Crippen molar-refractivity contribution in [2.45, 2.75) is 79.5 Å². The van der Waals surface area contributed by atoms with E-state index < -0.39 is 11.8 Å². The van der Waals surface area contributed by atoms with Gasteiger partial charge in [0, 0.05) is 75.5 Å². The monoisotopic (exact) mass is 1070 g/mol. The summed E-state index contributed by atoms with van der Waals surface area (Å²) in [4.78, 5) is 4.91. The largest absolute Gasteiger partial charge is 0.509 e. The van der Waals surface area contributed by atoms with Crippen molar-refractivity contribution in [3.63, 3.8) is 0 Å². The van der Waals surface area contributed by atoms with Gasteiger partial charge in [-0.1, -0.05) is 171 Å². The van der Waals surface area contributed by atoms with Crippen LogP contribution in [0, 0.1) is 24.2 Å². The zero-order valence-corrected chi connectivity index (χ0v) is 42.7. The number of ether oxygens (including phenoxy) is 1. The van der Waals surface area contributed by atoms with E-state index in [1.54, 1.807) is 0 Å². The first-order chi connectivity index (χ1) is 32.8. The normalized spacial score (nSPS) is 18.4. The Morgan fingerprint density at radius 1 is 0.618 bits per heavy atom. The van der Waals surface area contributed by atoms with Crippen LogP contribution in [0.5, 0.6) is 11.5 Å². The molecule has 1 fully saturated rings. The van der Waals surface area contributed by atoms with E-state index in [1.807, 2.05) is 45.2 Å². The summed E-state index contributed by atoms with van der Waals surface area (Å²) in [5.74, 6) is 2.01. The third-order valence-electron chi connectivity index (χ3n) is 13.5. The SMILES string of the molecule is [2H]C([2H])(c1cccc2c1[N@@+]1(c3c(-c4ccccc4)cccc3-c3ccccc3)[CH-][N@+]2(c2[c-]c(Oc3[c-]c4c(cc3)c3ccccc3n4-c3cc(C(C)(C)C)ccn3)cc(C(C)(C)C)c2)C1)C(C)(C)C.[Pt]. The molecule has 3 aliphatic heterocycles. The Hall–Kier alpha value is -6.10. The third kappa shape index (κ3) is 7.64. The number of nitrogens with zero attached hydrogens (tertiary/aromatic N) is 4. The molecule has 2 bridgehead atoms. The molecule has 344 valence electrons. The van der Waals surface area contributed by atoms with Crippen molar-refractivity contribution >= 4 is 44.6 Å². The van der Waals surface area contributed by atoms with E-state index in [4.69, 9.17) is 9.72 Å². The van der Waals surface area contributed by atoms with Crippen LogP contribution in [0.4, 0.5) is 22.7 Å². The molecule has 9 aromatic rings. The Labute approximate surface area is 419 Å². The van der Waals surface area contributed by atoms with Crippen LogP contribution in [0.1, 0.15) is 81.7 Å². The standard InChI is InChI=1S/C62H59N4O.Pt/c1-60(2,3)39-44-24-18-29-56-58(44)66(59-50(42-20-12-10-13-21-42)26-19-27-51(59)43-22-14-11-15-23-43)40-65(56,41-66)47-34-46(62(7,8)9)35-49(37-47)67-48-30-31-53-52-25-16-17-28-54(52)64(55(53)38-48)57-36-45(32-33-63-57)61(4,5)6;/h10-36,40H,39,41H2,1-9H3;/q-1;/t65-,66-;/m1./s1/i39D2;. The second-order valence-electron chi connectivity index (χ2n) is 21.5. The smallest absolute Gasteiger partial charge is 0.184 e. The summed E-state index contributed by atoms with van der Waals surface area (Å²) >= 11 is 0. The van der Waals surface area contributed by atoms with Gasteiger partial charge < -0.3 is 13.8 Å². The maximum absolute atomic E-state index is 9.92. The summed E-state index contributed by atoms with van der Waals surface area (Å²) in [5, 5.41) is 2.20. The van der Waals surface area contributed by atoms with Crippen LogP contribution in [0.2, 0.25) is 0 Å². The first-order valence-electron chi connectivity index (χ1n) is 24.5. The van der Waals surface area contributed by atoms with Crippen molar-refractivity contribution in [2.24, 2.45) is 5.41 Å². The van der Waals surface area contributed by atoms with Crippen LogP contribution in [-0.4, -0.2) is 16.2 Å². The molecule has 3 aliphatic rings. The van der Waals surface area contributed by atoms with Gasteiger partial charge in [0.25, 0.3) is 0 Å². The number of hydrogen-bond acceptors (Lipinski definition) is 2. The number of aromatic nitrogens is 2. The maximum Gasteiger partial charge on any atom is 0.184 e. The Balaban J connectivity index is 0.00000567. The zero-order chi connectivity index (χ0) is 48.3. The Morgan fingerprint density at radius 3 is 1.90 bits per heavy atom. The molecule has 0 N–H and O–H groups in total. The van der Waals surface area contributed by atoms with Gasteiger partial charge in [-0.25, -0.2) is 4.98 Å². The Morgan fingerprint density at radius 2 is 1.25 bits per heavy atom. The van der Waals surface area contributed by atoms with Gasteiger partial charge in [0.15, 0.2) is 18.0 Å². The fraction of sp³-hybridized carbons (Fsp3) is 0.226. The minimum absolute atomic E-state index is 0. The topological polar surface area (TPSA) is 27.1 Å². The number of benzene rings is 7. The van der Waals surface area contributed by atoms with E-state index in [1.165, 1.54) is 5.56 Å². The molecule has 5 nitrogen and oxygen atoms in total. The molecule has 0 aliphatic carbocycles. The van der Waals surface area contributed by atoms with E-state index in [0.29, 0.717) is 32.7 Å². The van der Waals surface area contributed by atoms with E-state index in [0.717, 1.165) is 78.2 Å². The van der Waals surface area contributed by atoms with Gasteiger partial charge in [-0.15, -0.1) is 35.2 Å². The second kappa shape index (κ2) is 16.6. The fourth-order valence-corrected chi connectivity index (χ4v) is 10.4. The predicted octanol–water partition coefficient (Wildman–Crippen LogP) is 16.5. The van der Waals surface area contributed by atoms with Crippen molar-refractivity contribution in [3.8, 4) is 39.6 Å². The molecule has 6 heteroatoms. The van der Waals surface area contributed by atoms with Crippen molar-refractivity contribution in [1.29, 1.82) is 0 Å². The summed E-state index contributed by atoms with van der Waals surface area (Å²) in [5.41, 5.74) is 12.5. The van der Waals surface area contributed by atoms with Gasteiger partial charge in [0.1, 0.15) is 11.5 Å². The van der Waals surface area contributed by atoms with E-state index >= 15 is 0 Å². The van der Waals surface area contributed by atoms with Crippen molar-refractivity contribution < 1.29 is 28.5 Å². The molecule has 2 aromatic heterocycles. The summed E-state index contributed by atoms with van der Waals surface area (Å²) in [6.07, 6.45) is 0.221. The molecule has 0 amide bonds. The maximum atomic E-state index is 9.92. The molecule has 0 saturated carbocycles.